The molecule has 9 heteroatoms. The monoisotopic (exact) mass is 408 g/mol. The Morgan fingerprint density at radius 1 is 1.28 bits per heavy atom. The van der Waals surface area contributed by atoms with Crippen molar-refractivity contribution in [1.29, 1.82) is 0 Å². The van der Waals surface area contributed by atoms with Crippen LogP contribution in [-0.2, 0) is 33.8 Å². The predicted molar refractivity (Wildman–Crippen MR) is 112 cm³/mol. The molecule has 0 bridgehead atoms. The number of ether oxygens (including phenoxy) is 2. The van der Waals surface area contributed by atoms with Gasteiger partial charge in [-0.05, 0) is 33.1 Å². The molecular formula is C20H36N6O3. The lowest BCUT2D eigenvalue weighted by Gasteiger charge is -2.25. The molecule has 1 aromatic heterocycles. The summed E-state index contributed by atoms with van der Waals surface area (Å²) in [6, 6.07) is 0.280. The zero-order valence-corrected chi connectivity index (χ0v) is 18.1. The summed E-state index contributed by atoms with van der Waals surface area (Å²) in [5.41, 5.74) is 0. The Morgan fingerprint density at radius 2 is 2.10 bits per heavy atom. The van der Waals surface area contributed by atoms with E-state index >= 15 is 0 Å². The smallest absolute Gasteiger partial charge is 0.305 e. The first-order valence-electron chi connectivity index (χ1n) is 10.8. The van der Waals surface area contributed by atoms with E-state index in [1.165, 1.54) is 0 Å². The fourth-order valence-electron chi connectivity index (χ4n) is 3.34. The topological polar surface area (TPSA) is 103 Å². The van der Waals surface area contributed by atoms with Crippen LogP contribution in [0.15, 0.2) is 4.99 Å². The predicted octanol–water partition coefficient (Wildman–Crippen LogP) is 1.81. The normalized spacial score (nSPS) is 16.4. The molecule has 0 fully saturated rings. The Hall–Kier alpha value is -2.16. The van der Waals surface area contributed by atoms with Gasteiger partial charge in [-0.25, -0.2) is 9.67 Å². The van der Waals surface area contributed by atoms with Gasteiger partial charge in [-0.15, -0.1) is 0 Å². The minimum Gasteiger partial charge on any atom is -0.466 e. The van der Waals surface area contributed by atoms with Gasteiger partial charge in [0.25, 0.3) is 0 Å². The number of unbranched alkanes of at least 4 members (excludes halogenated alkanes) is 3. The first kappa shape index (κ1) is 23.1. The third-order valence-corrected chi connectivity index (χ3v) is 4.72. The van der Waals surface area contributed by atoms with Crippen molar-refractivity contribution in [2.24, 2.45) is 4.99 Å². The molecule has 164 valence electrons. The molecule has 0 amide bonds. The SMILES string of the molecule is CCNC(=NCCCCCCC(=O)OCC)NC1CCc2nc(COC)nn2C1. The quantitative estimate of drug-likeness (QED) is 0.235. The van der Waals surface area contributed by atoms with E-state index in [0.29, 0.717) is 19.6 Å². The average Bonchev–Trinajstić information content (AvgIpc) is 3.09. The number of aryl methyl sites for hydroxylation is 1. The summed E-state index contributed by atoms with van der Waals surface area (Å²) in [4.78, 5) is 20.5. The van der Waals surface area contributed by atoms with Crippen LogP contribution in [0.4, 0.5) is 0 Å². The fraction of sp³-hybridized carbons (Fsp3) is 0.800. The number of methoxy groups -OCH3 is 1. The summed E-state index contributed by atoms with van der Waals surface area (Å²) in [7, 11) is 1.66. The Labute approximate surface area is 173 Å². The Bertz CT molecular complexity index is 646. The van der Waals surface area contributed by atoms with Crippen molar-refractivity contribution in [3.63, 3.8) is 0 Å². The lowest BCUT2D eigenvalue weighted by atomic mass is 10.1. The van der Waals surface area contributed by atoms with Gasteiger partial charge in [-0.2, -0.15) is 5.10 Å². The van der Waals surface area contributed by atoms with Gasteiger partial charge in [-0.3, -0.25) is 9.79 Å². The van der Waals surface area contributed by atoms with Crippen LogP contribution in [0.1, 0.15) is 64.0 Å². The Kier molecular flexibility index (Phi) is 10.5. The van der Waals surface area contributed by atoms with Crippen LogP contribution in [0.25, 0.3) is 0 Å². The molecule has 0 saturated carbocycles. The third-order valence-electron chi connectivity index (χ3n) is 4.72. The van der Waals surface area contributed by atoms with E-state index in [1.807, 2.05) is 11.6 Å². The van der Waals surface area contributed by atoms with E-state index in [-0.39, 0.29) is 12.0 Å². The maximum Gasteiger partial charge on any atom is 0.305 e. The number of carbonyl (C=O) groups is 1. The summed E-state index contributed by atoms with van der Waals surface area (Å²) in [5, 5.41) is 11.4. The molecular weight excluding hydrogens is 372 g/mol. The maximum atomic E-state index is 11.3. The molecule has 1 aromatic rings. The van der Waals surface area contributed by atoms with Crippen molar-refractivity contribution in [2.45, 2.75) is 78.0 Å². The van der Waals surface area contributed by atoms with Crippen molar-refractivity contribution in [3.05, 3.63) is 11.6 Å². The molecule has 2 heterocycles. The molecule has 0 saturated heterocycles. The van der Waals surface area contributed by atoms with Crippen LogP contribution in [0.5, 0.6) is 0 Å². The first-order valence-corrected chi connectivity index (χ1v) is 10.8. The van der Waals surface area contributed by atoms with Gasteiger partial charge < -0.3 is 20.1 Å². The van der Waals surface area contributed by atoms with Crippen LogP contribution in [0.2, 0.25) is 0 Å². The number of nitrogens with zero attached hydrogens (tertiary/aromatic N) is 4. The molecule has 0 radical (unpaired) electrons. The van der Waals surface area contributed by atoms with E-state index in [0.717, 1.165) is 75.8 Å². The van der Waals surface area contributed by atoms with Gasteiger partial charge in [0.1, 0.15) is 12.4 Å². The van der Waals surface area contributed by atoms with E-state index in [4.69, 9.17) is 14.5 Å². The number of aliphatic imine (C=N–C) groups is 1. The molecule has 1 unspecified atom stereocenters. The number of aromatic nitrogens is 3. The minimum atomic E-state index is -0.0958. The highest BCUT2D eigenvalue weighted by molar-refractivity contribution is 5.80. The van der Waals surface area contributed by atoms with Crippen LogP contribution in [0, 0.1) is 0 Å². The van der Waals surface area contributed by atoms with Crippen LogP contribution in [0.3, 0.4) is 0 Å². The number of guanidine groups is 1. The molecule has 0 aromatic carbocycles. The molecule has 1 aliphatic heterocycles. The van der Waals surface area contributed by atoms with E-state index < -0.39 is 0 Å². The lowest BCUT2D eigenvalue weighted by molar-refractivity contribution is -0.143. The number of hydrogen-bond acceptors (Lipinski definition) is 6. The summed E-state index contributed by atoms with van der Waals surface area (Å²) in [5.74, 6) is 2.53. The fourth-order valence-corrected chi connectivity index (χ4v) is 3.34. The van der Waals surface area contributed by atoms with Crippen molar-refractivity contribution in [2.75, 3.05) is 26.8 Å². The van der Waals surface area contributed by atoms with E-state index in [9.17, 15) is 4.79 Å². The molecule has 0 aliphatic carbocycles. The maximum absolute atomic E-state index is 11.3. The van der Waals surface area contributed by atoms with Crippen molar-refractivity contribution >= 4 is 11.9 Å². The molecule has 0 spiro atoms. The largest absolute Gasteiger partial charge is 0.466 e. The summed E-state index contributed by atoms with van der Waals surface area (Å²) in [6.07, 6.45) is 6.40. The third kappa shape index (κ3) is 8.39. The van der Waals surface area contributed by atoms with Gasteiger partial charge >= 0.3 is 5.97 Å². The van der Waals surface area contributed by atoms with Crippen molar-refractivity contribution < 1.29 is 14.3 Å². The van der Waals surface area contributed by atoms with Crippen LogP contribution >= 0.6 is 0 Å². The molecule has 1 atom stereocenters. The zero-order chi connectivity index (χ0) is 20.9. The number of rotatable bonds is 12. The molecule has 9 nitrogen and oxygen atoms in total. The highest BCUT2D eigenvalue weighted by atomic mass is 16.5. The number of carbonyl (C=O) groups excluding carboxylic acids is 1. The van der Waals surface area contributed by atoms with Crippen molar-refractivity contribution in [1.82, 2.24) is 25.4 Å². The molecule has 29 heavy (non-hydrogen) atoms. The van der Waals surface area contributed by atoms with Crippen molar-refractivity contribution in [3.8, 4) is 0 Å². The Morgan fingerprint density at radius 3 is 2.86 bits per heavy atom. The van der Waals surface area contributed by atoms with Gasteiger partial charge in [0.05, 0.1) is 13.2 Å². The Balaban J connectivity index is 1.71. The number of fused-ring (bicyclic) bond motifs is 1. The van der Waals surface area contributed by atoms with Crippen LogP contribution in [-0.4, -0.2) is 59.5 Å². The summed E-state index contributed by atoms with van der Waals surface area (Å²) >= 11 is 0. The summed E-state index contributed by atoms with van der Waals surface area (Å²) < 4.78 is 12.0. The van der Waals surface area contributed by atoms with Gasteiger partial charge in [0.15, 0.2) is 11.8 Å². The van der Waals surface area contributed by atoms with Gasteiger partial charge in [-0.1, -0.05) is 12.8 Å². The molecule has 2 N–H and O–H groups in total. The summed E-state index contributed by atoms with van der Waals surface area (Å²) in [6.45, 7) is 7.19. The molecule has 1 aliphatic rings. The van der Waals surface area contributed by atoms with Gasteiger partial charge in [0.2, 0.25) is 0 Å². The average molecular weight is 409 g/mol. The van der Waals surface area contributed by atoms with E-state index in [2.05, 4.69) is 27.6 Å². The van der Waals surface area contributed by atoms with Crippen LogP contribution < -0.4 is 10.6 Å². The standard InChI is InChI=1S/C20H36N6O3/c1-4-21-20(22-13-9-7-6-8-10-19(27)29-5-2)23-16-11-12-18-24-17(15-28-3)25-26(18)14-16/h16H,4-15H2,1-3H3,(H2,21,22,23). The highest BCUT2D eigenvalue weighted by Gasteiger charge is 2.22. The van der Waals surface area contributed by atoms with E-state index in [1.54, 1.807) is 7.11 Å². The second-order valence-electron chi connectivity index (χ2n) is 7.17. The number of nitrogens with one attached hydrogen (secondary N) is 2. The number of esters is 1. The second-order valence-corrected chi connectivity index (χ2v) is 7.17. The molecule has 2 rings (SSSR count). The lowest BCUT2D eigenvalue weighted by Crippen LogP contribution is -2.47. The number of hydrogen-bond donors (Lipinski definition) is 2. The van der Waals surface area contributed by atoms with Gasteiger partial charge in [0, 0.05) is 39.1 Å². The zero-order valence-electron chi connectivity index (χ0n) is 18.1. The highest BCUT2D eigenvalue weighted by Crippen LogP contribution is 2.13. The first-order chi connectivity index (χ1) is 14.2. The second kappa shape index (κ2) is 13.1. The minimum absolute atomic E-state index is 0.0958.